The summed E-state index contributed by atoms with van der Waals surface area (Å²) in [6.45, 7) is 6.03. The van der Waals surface area contributed by atoms with E-state index in [2.05, 4.69) is 21.4 Å². The first-order valence-electron chi connectivity index (χ1n) is 7.87. The second-order valence-corrected chi connectivity index (χ2v) is 6.03. The molecule has 1 rings (SSSR count). The first-order valence-corrected chi connectivity index (χ1v) is 7.87. The van der Waals surface area contributed by atoms with Crippen molar-refractivity contribution < 1.29 is 17.9 Å². The molecule has 1 heterocycles. The molecule has 0 fully saturated rings. The molecule has 1 aromatic heterocycles. The number of hydrogen-bond acceptors (Lipinski definition) is 4. The highest BCUT2D eigenvalue weighted by molar-refractivity contribution is 5.18. The fourth-order valence-electron chi connectivity index (χ4n) is 2.11. The highest BCUT2D eigenvalue weighted by Gasteiger charge is 2.32. The molecule has 0 saturated heterocycles. The number of alkyl halides is 3. The standard InChI is InChI=1S/C17H26F3N3O/c1-5-6-8-14(13-23(4)12-11-22(2)3)24-16-10-7-9-15(21-16)17(18,19)20/h5,7,9-10,14H,1,6,8,11-13H2,2-4H3/t14-/m0/s1. The maximum absolute atomic E-state index is 12.7. The Morgan fingerprint density at radius 1 is 1.25 bits per heavy atom. The molecule has 1 atom stereocenters. The van der Waals surface area contributed by atoms with Crippen LogP contribution in [0.3, 0.4) is 0 Å². The van der Waals surface area contributed by atoms with E-state index in [1.807, 2.05) is 21.1 Å². The van der Waals surface area contributed by atoms with Crippen molar-refractivity contribution in [1.29, 1.82) is 0 Å². The van der Waals surface area contributed by atoms with Crippen molar-refractivity contribution in [3.05, 3.63) is 36.5 Å². The number of likely N-dealkylation sites (N-methyl/N-ethyl adjacent to an activating group) is 2. The van der Waals surface area contributed by atoms with Crippen LogP contribution in [-0.4, -0.2) is 61.7 Å². The lowest BCUT2D eigenvalue weighted by molar-refractivity contribution is -0.141. The Balaban J connectivity index is 2.73. The van der Waals surface area contributed by atoms with Crippen molar-refractivity contribution in [3.63, 3.8) is 0 Å². The molecule has 24 heavy (non-hydrogen) atoms. The zero-order valence-corrected chi connectivity index (χ0v) is 14.5. The van der Waals surface area contributed by atoms with Gasteiger partial charge in [-0.25, -0.2) is 4.98 Å². The van der Waals surface area contributed by atoms with Gasteiger partial charge in [-0.15, -0.1) is 6.58 Å². The van der Waals surface area contributed by atoms with Gasteiger partial charge in [-0.3, -0.25) is 0 Å². The highest BCUT2D eigenvalue weighted by Crippen LogP contribution is 2.28. The zero-order chi connectivity index (χ0) is 18.2. The van der Waals surface area contributed by atoms with Crippen LogP contribution in [0.15, 0.2) is 30.9 Å². The minimum absolute atomic E-state index is 0.0000955. The summed E-state index contributed by atoms with van der Waals surface area (Å²) >= 11 is 0. The molecule has 0 spiro atoms. The van der Waals surface area contributed by atoms with Crippen molar-refractivity contribution in [3.8, 4) is 5.88 Å². The van der Waals surface area contributed by atoms with Crippen molar-refractivity contribution >= 4 is 0 Å². The molecule has 0 aromatic carbocycles. The normalized spacial score (nSPS) is 13.3. The van der Waals surface area contributed by atoms with Crippen LogP contribution in [0, 0.1) is 0 Å². The molecular formula is C17H26F3N3O. The van der Waals surface area contributed by atoms with Crippen LogP contribution < -0.4 is 4.74 Å². The van der Waals surface area contributed by atoms with Gasteiger partial charge in [0.1, 0.15) is 11.8 Å². The van der Waals surface area contributed by atoms with E-state index in [-0.39, 0.29) is 12.0 Å². The van der Waals surface area contributed by atoms with Crippen LogP contribution in [0.2, 0.25) is 0 Å². The minimum Gasteiger partial charge on any atom is -0.473 e. The number of halogens is 3. The average Bonchev–Trinajstić information content (AvgIpc) is 2.50. The molecule has 0 bridgehead atoms. The molecule has 0 unspecified atom stereocenters. The number of hydrogen-bond donors (Lipinski definition) is 0. The SMILES string of the molecule is C=CCC[C@@H](CN(C)CCN(C)C)Oc1cccc(C(F)(F)F)n1. The summed E-state index contributed by atoms with van der Waals surface area (Å²) in [7, 11) is 5.95. The Hall–Kier alpha value is -1.60. The summed E-state index contributed by atoms with van der Waals surface area (Å²) in [5, 5.41) is 0. The van der Waals surface area contributed by atoms with Gasteiger partial charge >= 0.3 is 6.18 Å². The zero-order valence-electron chi connectivity index (χ0n) is 14.5. The van der Waals surface area contributed by atoms with Gasteiger partial charge in [0.15, 0.2) is 0 Å². The number of aromatic nitrogens is 1. The Morgan fingerprint density at radius 3 is 2.54 bits per heavy atom. The van der Waals surface area contributed by atoms with Gasteiger partial charge in [0.05, 0.1) is 0 Å². The molecule has 0 aliphatic rings. The van der Waals surface area contributed by atoms with E-state index < -0.39 is 11.9 Å². The van der Waals surface area contributed by atoms with Crippen LogP contribution in [0.4, 0.5) is 13.2 Å². The first-order chi connectivity index (χ1) is 11.2. The van der Waals surface area contributed by atoms with E-state index in [1.54, 1.807) is 6.08 Å². The van der Waals surface area contributed by atoms with Gasteiger partial charge in [-0.1, -0.05) is 12.1 Å². The molecule has 0 radical (unpaired) electrons. The maximum atomic E-state index is 12.7. The van der Waals surface area contributed by atoms with Gasteiger partial charge in [0.2, 0.25) is 5.88 Å². The predicted octanol–water partition coefficient (Wildman–Crippen LogP) is 3.31. The third kappa shape index (κ3) is 7.79. The molecule has 1 aromatic rings. The quantitative estimate of drug-likeness (QED) is 0.609. The van der Waals surface area contributed by atoms with Crippen LogP contribution in [-0.2, 0) is 6.18 Å². The Labute approximate surface area is 141 Å². The summed E-state index contributed by atoms with van der Waals surface area (Å²) < 4.78 is 44.0. The van der Waals surface area contributed by atoms with E-state index in [1.165, 1.54) is 12.1 Å². The van der Waals surface area contributed by atoms with Crippen molar-refractivity contribution in [1.82, 2.24) is 14.8 Å². The molecule has 0 saturated carbocycles. The smallest absolute Gasteiger partial charge is 0.433 e. The van der Waals surface area contributed by atoms with E-state index in [0.717, 1.165) is 25.6 Å². The van der Waals surface area contributed by atoms with Crippen molar-refractivity contribution in [2.45, 2.75) is 25.1 Å². The summed E-state index contributed by atoms with van der Waals surface area (Å²) in [5.74, 6) is -0.0000955. The minimum atomic E-state index is -4.47. The van der Waals surface area contributed by atoms with E-state index >= 15 is 0 Å². The van der Waals surface area contributed by atoms with Gasteiger partial charge in [-0.05, 0) is 40.1 Å². The second-order valence-electron chi connectivity index (χ2n) is 6.03. The van der Waals surface area contributed by atoms with Gasteiger partial charge in [0, 0.05) is 25.7 Å². The van der Waals surface area contributed by atoms with Crippen LogP contribution in [0.25, 0.3) is 0 Å². The number of rotatable bonds is 10. The molecule has 0 aliphatic carbocycles. The molecule has 0 N–H and O–H groups in total. The topological polar surface area (TPSA) is 28.6 Å². The molecule has 136 valence electrons. The van der Waals surface area contributed by atoms with Crippen LogP contribution >= 0.6 is 0 Å². The first kappa shape index (κ1) is 20.4. The maximum Gasteiger partial charge on any atom is 0.433 e. The van der Waals surface area contributed by atoms with E-state index in [0.29, 0.717) is 13.0 Å². The Bertz CT molecular complexity index is 506. The summed E-state index contributed by atoms with van der Waals surface area (Å²) in [5.41, 5.74) is -0.941. The predicted molar refractivity (Wildman–Crippen MR) is 89.1 cm³/mol. The summed E-state index contributed by atoms with van der Waals surface area (Å²) in [6.07, 6.45) is -1.54. The average molecular weight is 345 g/mol. The molecule has 7 heteroatoms. The lowest BCUT2D eigenvalue weighted by Crippen LogP contribution is -2.37. The number of allylic oxidation sites excluding steroid dienone is 1. The third-order valence-corrected chi connectivity index (χ3v) is 3.44. The monoisotopic (exact) mass is 345 g/mol. The van der Waals surface area contributed by atoms with Gasteiger partial charge in [0.25, 0.3) is 0 Å². The molecule has 4 nitrogen and oxygen atoms in total. The fraction of sp³-hybridized carbons (Fsp3) is 0.588. The van der Waals surface area contributed by atoms with Crippen molar-refractivity contribution in [2.75, 3.05) is 40.8 Å². The third-order valence-electron chi connectivity index (χ3n) is 3.44. The molecule has 0 aliphatic heterocycles. The van der Waals surface area contributed by atoms with Gasteiger partial charge < -0.3 is 14.5 Å². The summed E-state index contributed by atoms with van der Waals surface area (Å²) in [6, 6.07) is 3.70. The van der Waals surface area contributed by atoms with Crippen LogP contribution in [0.5, 0.6) is 5.88 Å². The van der Waals surface area contributed by atoms with Crippen LogP contribution in [0.1, 0.15) is 18.5 Å². The van der Waals surface area contributed by atoms with E-state index in [9.17, 15) is 13.2 Å². The number of nitrogens with zero attached hydrogens (tertiary/aromatic N) is 3. The largest absolute Gasteiger partial charge is 0.473 e. The Kier molecular flexibility index (Phi) is 8.21. The lowest BCUT2D eigenvalue weighted by atomic mass is 10.2. The lowest BCUT2D eigenvalue weighted by Gasteiger charge is -2.25. The summed E-state index contributed by atoms with van der Waals surface area (Å²) in [4.78, 5) is 7.75. The van der Waals surface area contributed by atoms with Gasteiger partial charge in [-0.2, -0.15) is 13.2 Å². The second kappa shape index (κ2) is 9.64. The number of pyridine rings is 1. The Morgan fingerprint density at radius 2 is 1.96 bits per heavy atom. The van der Waals surface area contributed by atoms with Crippen molar-refractivity contribution in [2.24, 2.45) is 0 Å². The highest BCUT2D eigenvalue weighted by atomic mass is 19.4. The van der Waals surface area contributed by atoms with E-state index in [4.69, 9.17) is 4.74 Å². The molecular weight excluding hydrogens is 319 g/mol. The molecule has 0 amide bonds. The number of ether oxygens (including phenoxy) is 1. The fourth-order valence-corrected chi connectivity index (χ4v) is 2.11.